The van der Waals surface area contributed by atoms with Crippen molar-refractivity contribution in [3.63, 3.8) is 0 Å². The summed E-state index contributed by atoms with van der Waals surface area (Å²) in [4.78, 5) is 2.29. The summed E-state index contributed by atoms with van der Waals surface area (Å²) in [5, 5.41) is 4.73. The molecule has 0 amide bonds. The minimum absolute atomic E-state index is 0.796. The Morgan fingerprint density at radius 3 is 2.37 bits per heavy atom. The van der Waals surface area contributed by atoms with Crippen molar-refractivity contribution in [3.8, 4) is 0 Å². The van der Waals surface area contributed by atoms with Crippen molar-refractivity contribution in [2.45, 2.75) is 40.5 Å². The van der Waals surface area contributed by atoms with E-state index >= 15 is 0 Å². The lowest BCUT2D eigenvalue weighted by Crippen LogP contribution is -2.26. The maximum atomic E-state index is 6.29. The lowest BCUT2D eigenvalue weighted by atomic mass is 10.2. The molecule has 0 bridgehead atoms. The Labute approximate surface area is 115 Å². The highest BCUT2D eigenvalue weighted by Crippen LogP contribution is 2.28. The van der Waals surface area contributed by atoms with E-state index in [1.54, 1.807) is 0 Å². The van der Waals surface area contributed by atoms with Crippen LogP contribution in [0.25, 0.3) is 5.52 Å². The van der Waals surface area contributed by atoms with Crippen molar-refractivity contribution in [2.24, 2.45) is 0 Å². The second-order valence-corrected chi connectivity index (χ2v) is 5.12. The summed E-state index contributed by atoms with van der Waals surface area (Å²) in [5.74, 6) is 0.928. The summed E-state index contributed by atoms with van der Waals surface area (Å²) in [5.41, 5.74) is 10.5. The molecule has 2 aromatic rings. The summed E-state index contributed by atoms with van der Waals surface area (Å²) in [6.07, 6.45) is 2.21. The van der Waals surface area contributed by atoms with Gasteiger partial charge in [-0.3, -0.25) is 0 Å². The highest BCUT2D eigenvalue weighted by Gasteiger charge is 2.16. The molecule has 104 valence electrons. The molecule has 0 radical (unpaired) electrons. The zero-order chi connectivity index (χ0) is 14.0. The lowest BCUT2D eigenvalue weighted by molar-refractivity contribution is 0.726. The molecule has 0 aliphatic heterocycles. The molecular weight excluding hydrogens is 236 g/mol. The van der Waals surface area contributed by atoms with Gasteiger partial charge in [-0.25, -0.2) is 4.52 Å². The Kier molecular flexibility index (Phi) is 3.98. The van der Waals surface area contributed by atoms with Crippen LogP contribution in [-0.4, -0.2) is 22.7 Å². The first-order chi connectivity index (χ1) is 9.10. The van der Waals surface area contributed by atoms with Crippen molar-refractivity contribution in [3.05, 3.63) is 23.4 Å². The van der Waals surface area contributed by atoms with Crippen molar-refractivity contribution < 1.29 is 0 Å². The van der Waals surface area contributed by atoms with Gasteiger partial charge in [0.05, 0.1) is 5.52 Å². The smallest absolute Gasteiger partial charge is 0.174 e. The van der Waals surface area contributed by atoms with Crippen molar-refractivity contribution in [1.29, 1.82) is 0 Å². The number of pyridine rings is 1. The number of fused-ring (bicyclic) bond motifs is 1. The number of nitrogens with zero attached hydrogens (tertiary/aromatic N) is 3. The molecule has 4 nitrogen and oxygen atoms in total. The van der Waals surface area contributed by atoms with Crippen LogP contribution in [0.15, 0.2) is 12.1 Å². The second-order valence-electron chi connectivity index (χ2n) is 5.12. The van der Waals surface area contributed by atoms with Gasteiger partial charge in [-0.15, -0.1) is 5.10 Å². The minimum atomic E-state index is 0.796. The van der Waals surface area contributed by atoms with Gasteiger partial charge in [-0.1, -0.05) is 19.9 Å². The molecule has 2 heterocycles. The zero-order valence-electron chi connectivity index (χ0n) is 12.4. The number of hydrogen-bond donors (Lipinski definition) is 1. The number of nitrogens with two attached hydrogens (primary N) is 1. The van der Waals surface area contributed by atoms with Crippen LogP contribution >= 0.6 is 0 Å². The number of aryl methyl sites for hydroxylation is 2. The molecule has 0 atom stereocenters. The molecule has 0 saturated heterocycles. The first-order valence-corrected chi connectivity index (χ1v) is 7.09. The van der Waals surface area contributed by atoms with E-state index < -0.39 is 0 Å². The first kappa shape index (κ1) is 13.7. The summed E-state index contributed by atoms with van der Waals surface area (Å²) >= 11 is 0. The molecule has 2 rings (SSSR count). The fourth-order valence-corrected chi connectivity index (χ4v) is 2.44. The lowest BCUT2D eigenvalue weighted by Gasteiger charge is -2.21. The predicted molar refractivity (Wildman–Crippen MR) is 81.9 cm³/mol. The number of rotatable bonds is 5. The molecule has 0 aromatic carbocycles. The number of anilines is 2. The van der Waals surface area contributed by atoms with Crippen molar-refractivity contribution in [1.82, 2.24) is 9.61 Å². The molecule has 0 saturated carbocycles. The van der Waals surface area contributed by atoms with Gasteiger partial charge in [-0.05, 0) is 38.3 Å². The molecule has 2 N–H and O–H groups in total. The van der Waals surface area contributed by atoms with Crippen LogP contribution in [0.4, 0.5) is 11.5 Å². The van der Waals surface area contributed by atoms with Crippen LogP contribution in [-0.2, 0) is 0 Å². The van der Waals surface area contributed by atoms with Crippen LogP contribution < -0.4 is 10.6 Å². The topological polar surface area (TPSA) is 46.6 Å². The Morgan fingerprint density at radius 2 is 1.79 bits per heavy atom. The van der Waals surface area contributed by atoms with Gasteiger partial charge >= 0.3 is 0 Å². The fraction of sp³-hybridized carbons (Fsp3) is 0.533. The molecule has 0 fully saturated rings. The number of hydrogen-bond acceptors (Lipinski definition) is 3. The van der Waals surface area contributed by atoms with Crippen molar-refractivity contribution >= 4 is 17.0 Å². The first-order valence-electron chi connectivity index (χ1n) is 7.09. The predicted octanol–water partition coefficient (Wildman–Crippen LogP) is 3.16. The molecule has 0 aliphatic rings. The van der Waals surface area contributed by atoms with Gasteiger partial charge in [0.15, 0.2) is 5.82 Å². The minimum Gasteiger partial charge on any atom is -0.394 e. The standard InChI is InChI=1S/C15H24N4/c1-5-9-18(10-6-2)15-14(16)13-8-7-11(3)12(4)19(13)17-15/h7-8H,5-6,9-10,16H2,1-4H3. The normalized spacial score (nSPS) is 11.2. The Morgan fingerprint density at radius 1 is 1.16 bits per heavy atom. The van der Waals surface area contributed by atoms with Crippen LogP contribution in [0.1, 0.15) is 37.9 Å². The highest BCUT2D eigenvalue weighted by atomic mass is 15.3. The second kappa shape index (κ2) is 5.51. The van der Waals surface area contributed by atoms with Gasteiger partial charge in [0.25, 0.3) is 0 Å². The molecule has 19 heavy (non-hydrogen) atoms. The van der Waals surface area contributed by atoms with Crippen LogP contribution in [0, 0.1) is 13.8 Å². The SMILES string of the molecule is CCCN(CCC)c1nn2c(C)c(C)ccc2c1N. The van der Waals surface area contributed by atoms with E-state index in [0.29, 0.717) is 0 Å². The monoisotopic (exact) mass is 260 g/mol. The highest BCUT2D eigenvalue weighted by molar-refractivity contribution is 5.81. The van der Waals surface area contributed by atoms with Crippen molar-refractivity contribution in [2.75, 3.05) is 23.7 Å². The van der Waals surface area contributed by atoms with E-state index in [-0.39, 0.29) is 0 Å². The largest absolute Gasteiger partial charge is 0.394 e. The number of nitrogen functional groups attached to an aromatic ring is 1. The van der Waals surface area contributed by atoms with E-state index in [2.05, 4.69) is 44.7 Å². The third-order valence-electron chi connectivity index (χ3n) is 3.61. The van der Waals surface area contributed by atoms with Gasteiger partial charge < -0.3 is 10.6 Å². The van der Waals surface area contributed by atoms with E-state index in [9.17, 15) is 0 Å². The third-order valence-corrected chi connectivity index (χ3v) is 3.61. The van der Waals surface area contributed by atoms with E-state index in [0.717, 1.165) is 48.6 Å². The Balaban J connectivity index is 2.54. The summed E-state index contributed by atoms with van der Waals surface area (Å²) in [7, 11) is 0. The van der Waals surface area contributed by atoms with Gasteiger partial charge in [0.1, 0.15) is 5.69 Å². The molecule has 4 heteroatoms. The van der Waals surface area contributed by atoms with Crippen LogP contribution in [0.2, 0.25) is 0 Å². The molecular formula is C15H24N4. The van der Waals surface area contributed by atoms with Gasteiger partial charge in [0.2, 0.25) is 0 Å². The van der Waals surface area contributed by atoms with Gasteiger partial charge in [0, 0.05) is 18.8 Å². The third kappa shape index (κ3) is 2.39. The quantitative estimate of drug-likeness (QED) is 0.898. The molecule has 0 unspecified atom stereocenters. The van der Waals surface area contributed by atoms with Crippen LogP contribution in [0.3, 0.4) is 0 Å². The Bertz CT molecular complexity index is 565. The van der Waals surface area contributed by atoms with E-state index in [1.165, 1.54) is 5.56 Å². The number of aromatic nitrogens is 2. The average molecular weight is 260 g/mol. The maximum Gasteiger partial charge on any atom is 0.174 e. The summed E-state index contributed by atoms with van der Waals surface area (Å²) in [6, 6.07) is 4.17. The zero-order valence-corrected chi connectivity index (χ0v) is 12.4. The molecule has 0 aliphatic carbocycles. The summed E-state index contributed by atoms with van der Waals surface area (Å²) < 4.78 is 1.97. The molecule has 0 spiro atoms. The fourth-order valence-electron chi connectivity index (χ4n) is 2.44. The van der Waals surface area contributed by atoms with Crippen LogP contribution in [0.5, 0.6) is 0 Å². The Hall–Kier alpha value is -1.71. The van der Waals surface area contributed by atoms with Gasteiger partial charge in [-0.2, -0.15) is 0 Å². The average Bonchev–Trinajstić information content (AvgIpc) is 2.72. The van der Waals surface area contributed by atoms with E-state index in [1.807, 2.05) is 4.52 Å². The summed E-state index contributed by atoms with van der Waals surface area (Å²) in [6.45, 7) is 10.6. The maximum absolute atomic E-state index is 6.29. The molecule has 2 aromatic heterocycles. The van der Waals surface area contributed by atoms with E-state index in [4.69, 9.17) is 10.8 Å².